The molecule has 0 spiro atoms. The largest absolute Gasteiger partial charge is 0.490 e. The highest BCUT2D eigenvalue weighted by molar-refractivity contribution is 5.51. The van der Waals surface area contributed by atoms with Crippen LogP contribution < -0.4 is 15.2 Å². The van der Waals surface area contributed by atoms with E-state index in [9.17, 15) is 0 Å². The lowest BCUT2D eigenvalue weighted by atomic mass is 10.0. The fourth-order valence-electron chi connectivity index (χ4n) is 1.99. The molecule has 1 aromatic rings. The zero-order valence-corrected chi connectivity index (χ0v) is 8.66. The minimum absolute atomic E-state index is 0.154. The first-order valence-electron chi connectivity index (χ1n) is 5.48. The molecule has 15 heavy (non-hydrogen) atoms. The van der Waals surface area contributed by atoms with Crippen molar-refractivity contribution in [3.63, 3.8) is 0 Å². The Labute approximate surface area is 89.2 Å². The maximum atomic E-state index is 6.21. The Balaban J connectivity index is 2.07. The number of nitrogens with two attached hydrogens (primary N) is 1. The third-order valence-corrected chi connectivity index (χ3v) is 3.10. The van der Waals surface area contributed by atoms with E-state index in [1.54, 1.807) is 0 Å². The maximum Gasteiger partial charge on any atom is 0.166 e. The first-order chi connectivity index (χ1) is 7.30. The van der Waals surface area contributed by atoms with Crippen LogP contribution in [0, 0.1) is 0 Å². The average molecular weight is 205 g/mol. The van der Waals surface area contributed by atoms with Gasteiger partial charge >= 0.3 is 0 Å². The van der Waals surface area contributed by atoms with Gasteiger partial charge in [-0.1, -0.05) is 12.1 Å². The Bertz CT molecular complexity index is 385. The van der Waals surface area contributed by atoms with Crippen molar-refractivity contribution in [1.82, 2.24) is 0 Å². The molecule has 0 radical (unpaired) electrons. The molecule has 3 rings (SSSR count). The van der Waals surface area contributed by atoms with Crippen LogP contribution in [0.25, 0.3) is 0 Å². The molecule has 1 saturated carbocycles. The summed E-state index contributed by atoms with van der Waals surface area (Å²) >= 11 is 0. The van der Waals surface area contributed by atoms with E-state index in [-0.39, 0.29) is 5.54 Å². The smallest absolute Gasteiger partial charge is 0.166 e. The SMILES string of the molecule is NC1(c2cccc3c2OCCCO3)CC1. The molecule has 2 N–H and O–H groups in total. The van der Waals surface area contributed by atoms with E-state index < -0.39 is 0 Å². The summed E-state index contributed by atoms with van der Waals surface area (Å²) in [6.45, 7) is 1.45. The van der Waals surface area contributed by atoms with E-state index in [0.717, 1.165) is 49.5 Å². The zero-order valence-electron chi connectivity index (χ0n) is 8.66. The molecule has 1 fully saturated rings. The van der Waals surface area contributed by atoms with Crippen molar-refractivity contribution >= 4 is 0 Å². The standard InChI is InChI=1S/C12H15NO2/c13-12(5-6-12)9-3-1-4-10-11(9)15-8-2-7-14-10/h1,3-4H,2,5-8,13H2. The van der Waals surface area contributed by atoms with Crippen molar-refractivity contribution in [2.24, 2.45) is 5.73 Å². The van der Waals surface area contributed by atoms with Crippen molar-refractivity contribution in [3.8, 4) is 11.5 Å². The van der Waals surface area contributed by atoms with E-state index in [0.29, 0.717) is 0 Å². The Hall–Kier alpha value is -1.22. The van der Waals surface area contributed by atoms with Crippen molar-refractivity contribution in [2.45, 2.75) is 24.8 Å². The number of hydrogen-bond acceptors (Lipinski definition) is 3. The molecule has 80 valence electrons. The molecule has 0 unspecified atom stereocenters. The van der Waals surface area contributed by atoms with Gasteiger partial charge in [-0.3, -0.25) is 0 Å². The van der Waals surface area contributed by atoms with Crippen LogP contribution in [0.1, 0.15) is 24.8 Å². The van der Waals surface area contributed by atoms with Gasteiger partial charge in [-0.05, 0) is 18.9 Å². The highest BCUT2D eigenvalue weighted by Gasteiger charge is 2.43. The van der Waals surface area contributed by atoms with Gasteiger partial charge in [-0.25, -0.2) is 0 Å². The molecular formula is C12H15NO2. The van der Waals surface area contributed by atoms with Gasteiger partial charge in [0.1, 0.15) is 0 Å². The molecule has 1 aliphatic heterocycles. The molecule has 1 heterocycles. The van der Waals surface area contributed by atoms with Gasteiger partial charge in [-0.2, -0.15) is 0 Å². The summed E-state index contributed by atoms with van der Waals surface area (Å²) < 4.78 is 11.4. The molecule has 0 saturated heterocycles. The van der Waals surface area contributed by atoms with E-state index in [4.69, 9.17) is 15.2 Å². The van der Waals surface area contributed by atoms with Gasteiger partial charge in [0.05, 0.1) is 13.2 Å². The second-order valence-electron chi connectivity index (χ2n) is 4.34. The lowest BCUT2D eigenvalue weighted by Gasteiger charge is -2.16. The maximum absolute atomic E-state index is 6.21. The average Bonchev–Trinajstić information content (AvgIpc) is 3.01. The molecular weight excluding hydrogens is 190 g/mol. The van der Waals surface area contributed by atoms with Crippen molar-refractivity contribution < 1.29 is 9.47 Å². The van der Waals surface area contributed by atoms with Crippen LogP contribution in [0.3, 0.4) is 0 Å². The lowest BCUT2D eigenvalue weighted by Crippen LogP contribution is -2.19. The van der Waals surface area contributed by atoms with E-state index in [1.165, 1.54) is 0 Å². The fraction of sp³-hybridized carbons (Fsp3) is 0.500. The highest BCUT2D eigenvalue weighted by atomic mass is 16.5. The summed E-state index contributed by atoms with van der Waals surface area (Å²) in [5, 5.41) is 0. The topological polar surface area (TPSA) is 44.5 Å². The summed E-state index contributed by atoms with van der Waals surface area (Å²) in [6.07, 6.45) is 3.03. The summed E-state index contributed by atoms with van der Waals surface area (Å²) in [6, 6.07) is 6.01. The van der Waals surface area contributed by atoms with Crippen molar-refractivity contribution in [3.05, 3.63) is 23.8 Å². The molecule has 0 bridgehead atoms. The van der Waals surface area contributed by atoms with Gasteiger partial charge in [0.2, 0.25) is 0 Å². The molecule has 0 aromatic heterocycles. The van der Waals surface area contributed by atoms with Crippen molar-refractivity contribution in [1.29, 1.82) is 0 Å². The minimum atomic E-state index is -0.154. The second kappa shape index (κ2) is 3.14. The first-order valence-corrected chi connectivity index (χ1v) is 5.48. The van der Waals surface area contributed by atoms with Crippen LogP contribution >= 0.6 is 0 Å². The minimum Gasteiger partial charge on any atom is -0.490 e. The number of benzene rings is 1. The molecule has 0 amide bonds. The number of fused-ring (bicyclic) bond motifs is 1. The molecule has 3 nitrogen and oxygen atoms in total. The van der Waals surface area contributed by atoms with Crippen LogP contribution in [0.5, 0.6) is 11.5 Å². The van der Waals surface area contributed by atoms with Gasteiger partial charge < -0.3 is 15.2 Å². The van der Waals surface area contributed by atoms with Crippen LogP contribution in [0.2, 0.25) is 0 Å². The van der Waals surface area contributed by atoms with Crippen LogP contribution in [0.4, 0.5) is 0 Å². The normalized spacial score (nSPS) is 21.9. The summed E-state index contributed by atoms with van der Waals surface area (Å²) in [5.74, 6) is 1.72. The molecule has 3 heteroatoms. The molecule has 1 aliphatic carbocycles. The number of rotatable bonds is 1. The van der Waals surface area contributed by atoms with Gasteiger partial charge in [0, 0.05) is 17.5 Å². The zero-order chi connectivity index (χ0) is 10.3. The lowest BCUT2D eigenvalue weighted by molar-refractivity contribution is 0.295. The number of hydrogen-bond donors (Lipinski definition) is 1. The van der Waals surface area contributed by atoms with Gasteiger partial charge in [0.25, 0.3) is 0 Å². The Morgan fingerprint density at radius 3 is 2.73 bits per heavy atom. The highest BCUT2D eigenvalue weighted by Crippen LogP contribution is 2.49. The fourth-order valence-corrected chi connectivity index (χ4v) is 1.99. The quantitative estimate of drug-likeness (QED) is 0.760. The van der Waals surface area contributed by atoms with Crippen molar-refractivity contribution in [2.75, 3.05) is 13.2 Å². The third kappa shape index (κ3) is 1.47. The van der Waals surface area contributed by atoms with Crippen LogP contribution in [-0.2, 0) is 5.54 Å². The van der Waals surface area contributed by atoms with E-state index >= 15 is 0 Å². The Morgan fingerprint density at radius 1 is 1.13 bits per heavy atom. The van der Waals surface area contributed by atoms with E-state index in [2.05, 4.69) is 6.07 Å². The van der Waals surface area contributed by atoms with Gasteiger partial charge in [0.15, 0.2) is 11.5 Å². The second-order valence-corrected chi connectivity index (χ2v) is 4.34. The number of ether oxygens (including phenoxy) is 2. The predicted octanol–water partition coefficient (Wildman–Crippen LogP) is 1.80. The summed E-state index contributed by atoms with van der Waals surface area (Å²) in [4.78, 5) is 0. The Morgan fingerprint density at radius 2 is 1.93 bits per heavy atom. The monoisotopic (exact) mass is 205 g/mol. The third-order valence-electron chi connectivity index (χ3n) is 3.10. The first kappa shape index (κ1) is 9.04. The molecule has 2 aliphatic rings. The summed E-state index contributed by atoms with van der Waals surface area (Å²) in [7, 11) is 0. The van der Waals surface area contributed by atoms with Gasteiger partial charge in [-0.15, -0.1) is 0 Å². The molecule has 1 aromatic carbocycles. The van der Waals surface area contributed by atoms with Crippen LogP contribution in [0.15, 0.2) is 18.2 Å². The van der Waals surface area contributed by atoms with E-state index in [1.807, 2.05) is 12.1 Å². The number of para-hydroxylation sites is 1. The summed E-state index contributed by atoms with van der Waals surface area (Å²) in [5.41, 5.74) is 7.17. The molecule has 0 atom stereocenters. The predicted molar refractivity (Wildman–Crippen MR) is 57.1 cm³/mol. The Kier molecular flexibility index (Phi) is 1.89. The van der Waals surface area contributed by atoms with Crippen LogP contribution in [-0.4, -0.2) is 13.2 Å².